The van der Waals surface area contributed by atoms with Gasteiger partial charge in [-0.2, -0.15) is 0 Å². The molecule has 2 heterocycles. The molecule has 1 saturated heterocycles. The average molecular weight is 417 g/mol. The topological polar surface area (TPSA) is 116 Å². The molecule has 3 N–H and O–H groups in total. The predicted molar refractivity (Wildman–Crippen MR) is 112 cm³/mol. The lowest BCUT2D eigenvalue weighted by atomic mass is 9.65. The monoisotopic (exact) mass is 416 g/mol. The fourth-order valence-corrected chi connectivity index (χ4v) is 4.43. The van der Waals surface area contributed by atoms with Crippen molar-refractivity contribution in [3.63, 3.8) is 0 Å². The lowest BCUT2D eigenvalue weighted by molar-refractivity contribution is -0.136. The van der Waals surface area contributed by atoms with Crippen molar-refractivity contribution in [2.45, 2.75) is 72.3 Å². The number of nitrogens with zero attached hydrogens (tertiary/aromatic N) is 3. The lowest BCUT2D eigenvalue weighted by Crippen LogP contribution is -2.51. The van der Waals surface area contributed by atoms with Gasteiger partial charge < -0.3 is 5.32 Å². The molecule has 1 aromatic rings. The van der Waals surface area contributed by atoms with E-state index in [1.54, 1.807) is 0 Å². The number of anilines is 1. The van der Waals surface area contributed by atoms with Crippen LogP contribution in [0.2, 0.25) is 0 Å². The van der Waals surface area contributed by atoms with Gasteiger partial charge in [-0.05, 0) is 56.9 Å². The second-order valence-electron chi connectivity index (χ2n) is 9.17. The summed E-state index contributed by atoms with van der Waals surface area (Å²) in [6.07, 6.45) is 4.07. The van der Waals surface area contributed by atoms with Crippen molar-refractivity contribution in [1.82, 2.24) is 25.6 Å². The van der Waals surface area contributed by atoms with Crippen molar-refractivity contribution in [1.29, 1.82) is 0 Å². The number of rotatable bonds is 6. The quantitative estimate of drug-likeness (QED) is 0.484. The molecule has 30 heavy (non-hydrogen) atoms. The molecule has 3 rings (SSSR count). The first-order chi connectivity index (χ1) is 14.1. The maximum Gasteiger partial charge on any atom is 0.325 e. The normalized spacial score (nSPS) is 24.2. The first-order valence-electron chi connectivity index (χ1n) is 10.6. The third kappa shape index (κ3) is 4.39. The summed E-state index contributed by atoms with van der Waals surface area (Å²) >= 11 is 0. The van der Waals surface area contributed by atoms with Crippen LogP contribution in [-0.2, 0) is 9.59 Å². The summed E-state index contributed by atoms with van der Waals surface area (Å²) in [6.45, 7) is 10.00. The van der Waals surface area contributed by atoms with Gasteiger partial charge in [-0.3, -0.25) is 25.3 Å². The van der Waals surface area contributed by atoms with Gasteiger partial charge in [-0.1, -0.05) is 27.2 Å². The van der Waals surface area contributed by atoms with E-state index in [-0.39, 0.29) is 23.8 Å². The highest BCUT2D eigenvalue weighted by atomic mass is 16.2. The summed E-state index contributed by atoms with van der Waals surface area (Å²) in [5, 5.41) is 2.87. The highest BCUT2D eigenvalue weighted by molar-refractivity contribution is 6.09. The summed E-state index contributed by atoms with van der Waals surface area (Å²) in [6, 6.07) is 1.31. The van der Waals surface area contributed by atoms with E-state index < -0.39 is 17.5 Å². The van der Waals surface area contributed by atoms with Gasteiger partial charge in [-0.15, -0.1) is 0 Å². The zero-order valence-corrected chi connectivity index (χ0v) is 18.5. The molecule has 0 atom stereocenters. The van der Waals surface area contributed by atoms with E-state index in [1.165, 1.54) is 0 Å². The Balaban J connectivity index is 1.58. The SMILES string of the molecule is CCC(C)(C)C1CCC2(CC1)NC(=O)N(CC(=O)NNc1nc(C)cc(C)n1)C2=O. The molecule has 1 aliphatic heterocycles. The van der Waals surface area contributed by atoms with E-state index in [2.05, 4.69) is 46.9 Å². The highest BCUT2D eigenvalue weighted by Crippen LogP contribution is 2.45. The number of amides is 4. The molecule has 1 spiro atoms. The Morgan fingerprint density at radius 3 is 2.40 bits per heavy atom. The van der Waals surface area contributed by atoms with E-state index in [4.69, 9.17) is 0 Å². The number of carbonyl (C=O) groups is 3. The Bertz CT molecular complexity index is 825. The molecule has 1 aromatic heterocycles. The zero-order valence-electron chi connectivity index (χ0n) is 18.5. The van der Waals surface area contributed by atoms with E-state index in [0.717, 1.165) is 35.6 Å². The van der Waals surface area contributed by atoms with Crippen LogP contribution in [0.15, 0.2) is 6.07 Å². The highest BCUT2D eigenvalue weighted by Gasteiger charge is 2.53. The number of hydrogen-bond acceptors (Lipinski definition) is 6. The van der Waals surface area contributed by atoms with E-state index in [9.17, 15) is 14.4 Å². The van der Waals surface area contributed by atoms with Crippen LogP contribution < -0.4 is 16.2 Å². The Morgan fingerprint density at radius 1 is 1.23 bits per heavy atom. The Kier molecular flexibility index (Phi) is 6.01. The van der Waals surface area contributed by atoms with Crippen LogP contribution in [-0.4, -0.2) is 44.8 Å². The molecule has 1 saturated carbocycles. The van der Waals surface area contributed by atoms with Crippen LogP contribution >= 0.6 is 0 Å². The Labute approximate surface area is 177 Å². The first-order valence-corrected chi connectivity index (χ1v) is 10.6. The molecule has 164 valence electrons. The predicted octanol–water partition coefficient (Wildman–Crippen LogP) is 2.45. The molecular formula is C21H32N6O3. The van der Waals surface area contributed by atoms with Gasteiger partial charge in [0.2, 0.25) is 5.95 Å². The molecule has 0 radical (unpaired) electrons. The Morgan fingerprint density at radius 2 is 1.83 bits per heavy atom. The van der Waals surface area contributed by atoms with Gasteiger partial charge in [0.25, 0.3) is 11.8 Å². The largest absolute Gasteiger partial charge is 0.325 e. The molecular weight excluding hydrogens is 384 g/mol. The van der Waals surface area contributed by atoms with Crippen LogP contribution in [0.3, 0.4) is 0 Å². The number of hydrogen-bond donors (Lipinski definition) is 3. The summed E-state index contributed by atoms with van der Waals surface area (Å²) in [5.41, 5.74) is 5.96. The Hall–Kier alpha value is -2.71. The standard InChI is InChI=1S/C21H32N6O3/c1-6-20(4,5)15-7-9-21(10-8-15)17(29)27(19(30)24-21)12-16(28)25-26-18-22-13(2)11-14(3)23-18/h11,15H,6-10,12H2,1-5H3,(H,24,30)(H,25,28)(H,22,23,26). The maximum absolute atomic E-state index is 13.0. The van der Waals surface area contributed by atoms with Crippen molar-refractivity contribution in [3.8, 4) is 0 Å². The lowest BCUT2D eigenvalue weighted by Gasteiger charge is -2.42. The van der Waals surface area contributed by atoms with Gasteiger partial charge in [0, 0.05) is 11.4 Å². The molecule has 0 unspecified atom stereocenters. The summed E-state index contributed by atoms with van der Waals surface area (Å²) in [7, 11) is 0. The number of aryl methyl sites for hydroxylation is 2. The molecule has 4 amide bonds. The average Bonchev–Trinajstić information content (AvgIpc) is 2.90. The third-order valence-corrected chi connectivity index (χ3v) is 6.70. The fraction of sp³-hybridized carbons (Fsp3) is 0.667. The van der Waals surface area contributed by atoms with Gasteiger partial charge in [0.05, 0.1) is 0 Å². The smallest absolute Gasteiger partial charge is 0.323 e. The van der Waals surface area contributed by atoms with Gasteiger partial charge in [0.1, 0.15) is 12.1 Å². The van der Waals surface area contributed by atoms with Crippen molar-refractivity contribution < 1.29 is 14.4 Å². The number of hydrazine groups is 1. The van der Waals surface area contributed by atoms with Gasteiger partial charge in [-0.25, -0.2) is 14.8 Å². The number of aromatic nitrogens is 2. The van der Waals surface area contributed by atoms with Crippen molar-refractivity contribution >= 4 is 23.8 Å². The van der Waals surface area contributed by atoms with Crippen molar-refractivity contribution in [2.75, 3.05) is 12.0 Å². The summed E-state index contributed by atoms with van der Waals surface area (Å²) < 4.78 is 0. The van der Waals surface area contributed by atoms with E-state index >= 15 is 0 Å². The minimum atomic E-state index is -0.873. The molecule has 2 fully saturated rings. The second-order valence-corrected chi connectivity index (χ2v) is 9.17. The summed E-state index contributed by atoms with van der Waals surface area (Å²) in [5.74, 6) is -0.0410. The molecule has 0 aromatic carbocycles. The van der Waals surface area contributed by atoms with Crippen LogP contribution in [0.1, 0.15) is 64.3 Å². The van der Waals surface area contributed by atoms with Crippen LogP contribution in [0.5, 0.6) is 0 Å². The van der Waals surface area contributed by atoms with Crippen LogP contribution in [0.4, 0.5) is 10.7 Å². The number of imide groups is 1. The second kappa shape index (κ2) is 8.20. The fourth-order valence-electron chi connectivity index (χ4n) is 4.43. The number of carbonyl (C=O) groups excluding carboxylic acids is 3. The number of nitrogens with one attached hydrogen (secondary N) is 3. The minimum absolute atomic E-state index is 0.217. The molecule has 0 bridgehead atoms. The van der Waals surface area contributed by atoms with E-state index in [0.29, 0.717) is 18.8 Å². The number of urea groups is 1. The van der Waals surface area contributed by atoms with Gasteiger partial charge >= 0.3 is 6.03 Å². The molecule has 2 aliphatic rings. The minimum Gasteiger partial charge on any atom is -0.323 e. The molecule has 9 nitrogen and oxygen atoms in total. The molecule has 9 heteroatoms. The first kappa shape index (κ1) is 22.0. The van der Waals surface area contributed by atoms with Crippen LogP contribution in [0, 0.1) is 25.2 Å². The van der Waals surface area contributed by atoms with E-state index in [1.807, 2.05) is 19.9 Å². The molecule has 1 aliphatic carbocycles. The van der Waals surface area contributed by atoms with Crippen molar-refractivity contribution in [2.24, 2.45) is 11.3 Å². The maximum atomic E-state index is 13.0. The van der Waals surface area contributed by atoms with Crippen molar-refractivity contribution in [3.05, 3.63) is 17.5 Å². The van der Waals surface area contributed by atoms with Crippen LogP contribution in [0.25, 0.3) is 0 Å². The zero-order chi connectivity index (χ0) is 22.1. The third-order valence-electron chi connectivity index (χ3n) is 6.70. The van der Waals surface area contributed by atoms with Gasteiger partial charge in [0.15, 0.2) is 0 Å². The summed E-state index contributed by atoms with van der Waals surface area (Å²) in [4.78, 5) is 47.2.